The molecule has 0 aromatic carbocycles. The Balaban J connectivity index is 2.20. The van der Waals surface area contributed by atoms with E-state index >= 15 is 0 Å². The largest absolute Gasteiger partial charge is 0.394 e. The van der Waals surface area contributed by atoms with E-state index in [4.69, 9.17) is 9.47 Å². The number of ether oxygens (including phenoxy) is 2. The van der Waals surface area contributed by atoms with Crippen LogP contribution in [0.3, 0.4) is 0 Å². The number of rotatable bonds is 53. The highest BCUT2D eigenvalue weighted by molar-refractivity contribution is 5.76. The SMILES string of the molecule is CC/C=C\C/C=C\C/C=C\C/C=C\C/C=C\CCCCCCCCCCCCCC(=O)NC(COC1OC(CO)C(O)C(O)C1O)C(O)/C=C/CCCCCCCCCCCCCCCCCCCCCCCC. The molecule has 7 atom stereocenters. The van der Waals surface area contributed by atoms with E-state index in [1.165, 1.54) is 186 Å². The molecule has 1 heterocycles. The number of aliphatic hydroxyl groups excluding tert-OH is 5. The van der Waals surface area contributed by atoms with Gasteiger partial charge in [0.15, 0.2) is 6.29 Å². The molecule has 6 N–H and O–H groups in total. The third kappa shape index (κ3) is 42.7. The molecule has 0 bridgehead atoms. The van der Waals surface area contributed by atoms with Crippen LogP contribution in [0, 0.1) is 0 Å². The fourth-order valence-electron chi connectivity index (χ4n) is 9.66. The average Bonchev–Trinajstić information content (AvgIpc) is 3.40. The molecule has 0 spiro atoms. The first-order valence-corrected chi connectivity index (χ1v) is 31.2. The van der Waals surface area contributed by atoms with Crippen molar-refractivity contribution in [3.63, 3.8) is 0 Å². The van der Waals surface area contributed by atoms with Crippen LogP contribution in [-0.4, -0.2) is 87.5 Å². The van der Waals surface area contributed by atoms with E-state index in [-0.39, 0.29) is 12.5 Å². The maximum Gasteiger partial charge on any atom is 0.220 e. The third-order valence-electron chi connectivity index (χ3n) is 14.5. The van der Waals surface area contributed by atoms with E-state index in [2.05, 4.69) is 79.9 Å². The van der Waals surface area contributed by atoms with Crippen LogP contribution < -0.4 is 5.32 Å². The number of hydrogen-bond donors (Lipinski definition) is 6. The van der Waals surface area contributed by atoms with Crippen molar-refractivity contribution in [2.24, 2.45) is 0 Å². The lowest BCUT2D eigenvalue weighted by Gasteiger charge is -2.40. The van der Waals surface area contributed by atoms with Gasteiger partial charge < -0.3 is 40.3 Å². The molecule has 0 radical (unpaired) electrons. The Morgan fingerprint density at radius 3 is 1.24 bits per heavy atom. The van der Waals surface area contributed by atoms with Gasteiger partial charge in [0.2, 0.25) is 5.91 Å². The Hall–Kier alpha value is -2.37. The predicted octanol–water partition coefficient (Wildman–Crippen LogP) is 16.0. The van der Waals surface area contributed by atoms with Gasteiger partial charge in [-0.25, -0.2) is 0 Å². The summed E-state index contributed by atoms with van der Waals surface area (Å²) in [6.45, 7) is 3.69. The molecular formula is C65H117NO8. The van der Waals surface area contributed by atoms with Gasteiger partial charge >= 0.3 is 0 Å². The van der Waals surface area contributed by atoms with Gasteiger partial charge in [-0.1, -0.05) is 279 Å². The van der Waals surface area contributed by atoms with E-state index in [0.29, 0.717) is 6.42 Å². The highest BCUT2D eigenvalue weighted by Crippen LogP contribution is 2.23. The molecule has 1 fully saturated rings. The van der Waals surface area contributed by atoms with Crippen LogP contribution in [-0.2, 0) is 14.3 Å². The zero-order valence-corrected chi connectivity index (χ0v) is 47.8. The first-order chi connectivity index (χ1) is 36.3. The molecule has 9 nitrogen and oxygen atoms in total. The summed E-state index contributed by atoms with van der Waals surface area (Å²) in [5, 5.41) is 54.6. The van der Waals surface area contributed by atoms with Crippen molar-refractivity contribution in [2.75, 3.05) is 13.2 Å². The zero-order chi connectivity index (χ0) is 53.6. The maximum absolute atomic E-state index is 13.1. The van der Waals surface area contributed by atoms with Crippen molar-refractivity contribution in [3.8, 4) is 0 Å². The van der Waals surface area contributed by atoms with Gasteiger partial charge in [-0.3, -0.25) is 4.79 Å². The number of hydrogen-bond acceptors (Lipinski definition) is 8. The Labute approximate surface area is 455 Å². The molecule has 1 aliphatic rings. The zero-order valence-electron chi connectivity index (χ0n) is 47.8. The summed E-state index contributed by atoms with van der Waals surface area (Å²) in [6, 6.07) is -0.811. The average molecular weight is 1040 g/mol. The molecule has 1 aliphatic heterocycles. The van der Waals surface area contributed by atoms with Gasteiger partial charge in [-0.15, -0.1) is 0 Å². The maximum atomic E-state index is 13.1. The second-order valence-corrected chi connectivity index (χ2v) is 21.5. The Kier molecular flexibility index (Phi) is 50.8. The van der Waals surface area contributed by atoms with Gasteiger partial charge in [0, 0.05) is 6.42 Å². The van der Waals surface area contributed by atoms with Gasteiger partial charge in [0.25, 0.3) is 0 Å². The van der Waals surface area contributed by atoms with Crippen molar-refractivity contribution < 1.29 is 39.8 Å². The van der Waals surface area contributed by atoms with E-state index in [0.717, 1.165) is 70.6 Å². The molecule has 1 saturated heterocycles. The fourth-order valence-corrected chi connectivity index (χ4v) is 9.66. The van der Waals surface area contributed by atoms with E-state index in [1.807, 2.05) is 6.08 Å². The molecule has 430 valence electrons. The number of nitrogens with one attached hydrogen (secondary N) is 1. The minimum atomic E-state index is -1.57. The number of carbonyl (C=O) groups is 1. The Morgan fingerprint density at radius 2 is 0.838 bits per heavy atom. The number of carbonyl (C=O) groups excluding carboxylic acids is 1. The topological polar surface area (TPSA) is 149 Å². The minimum Gasteiger partial charge on any atom is -0.394 e. The molecule has 74 heavy (non-hydrogen) atoms. The molecule has 0 saturated carbocycles. The van der Waals surface area contributed by atoms with Crippen molar-refractivity contribution in [1.29, 1.82) is 0 Å². The quantitative estimate of drug-likeness (QED) is 0.0261. The van der Waals surface area contributed by atoms with E-state index in [1.54, 1.807) is 6.08 Å². The molecule has 0 aliphatic carbocycles. The number of amides is 1. The predicted molar refractivity (Wildman–Crippen MR) is 313 cm³/mol. The second-order valence-electron chi connectivity index (χ2n) is 21.5. The van der Waals surface area contributed by atoms with Crippen LogP contribution in [0.25, 0.3) is 0 Å². The summed E-state index contributed by atoms with van der Waals surface area (Å²) in [6.07, 6.45) is 68.3. The monoisotopic (exact) mass is 1040 g/mol. The lowest BCUT2D eigenvalue weighted by atomic mass is 9.99. The summed E-state index contributed by atoms with van der Waals surface area (Å²) in [4.78, 5) is 13.1. The number of aliphatic hydroxyl groups is 5. The van der Waals surface area contributed by atoms with Gasteiger partial charge in [-0.2, -0.15) is 0 Å². The Bertz CT molecular complexity index is 1390. The van der Waals surface area contributed by atoms with E-state index < -0.39 is 49.5 Å². The standard InChI is InChI=1S/C65H117NO8/c1-3-5-7-9-11-13-15-17-19-21-23-25-27-29-30-31-33-35-37-39-41-43-45-47-49-51-53-55-61(69)66-58(57-73-65-64(72)63(71)62(70)60(56-67)74-65)59(68)54-52-50-48-46-44-42-40-38-36-34-32-28-26-24-22-20-18-16-14-12-10-8-6-4-2/h5,7,11,13,17,19,23,25,29-30,52,54,58-60,62-65,67-68,70-72H,3-4,6,8-10,12,14-16,18,20-22,24,26-28,31-51,53,55-57H2,1-2H3,(H,66,69)/b7-5-,13-11-,19-17-,25-23-,30-29-,54-52+. The fraction of sp³-hybridized carbons (Fsp3) is 0.800. The molecule has 0 aromatic heterocycles. The van der Waals surface area contributed by atoms with Crippen LogP contribution >= 0.6 is 0 Å². The van der Waals surface area contributed by atoms with Crippen LogP contribution in [0.4, 0.5) is 0 Å². The van der Waals surface area contributed by atoms with E-state index in [9.17, 15) is 30.3 Å². The lowest BCUT2D eigenvalue weighted by molar-refractivity contribution is -0.302. The van der Waals surface area contributed by atoms with Crippen LogP contribution in [0.1, 0.15) is 277 Å². The van der Waals surface area contributed by atoms with Gasteiger partial charge in [-0.05, 0) is 64.2 Å². The highest BCUT2D eigenvalue weighted by Gasteiger charge is 2.44. The summed E-state index contributed by atoms with van der Waals surface area (Å²) < 4.78 is 11.3. The minimum absolute atomic E-state index is 0.180. The second kappa shape index (κ2) is 54.0. The smallest absolute Gasteiger partial charge is 0.220 e. The summed E-state index contributed by atoms with van der Waals surface area (Å²) in [7, 11) is 0. The van der Waals surface area contributed by atoms with Gasteiger partial charge in [0.1, 0.15) is 24.4 Å². The van der Waals surface area contributed by atoms with Gasteiger partial charge in [0.05, 0.1) is 25.4 Å². The molecule has 1 amide bonds. The molecule has 1 rings (SSSR count). The summed E-state index contributed by atoms with van der Waals surface area (Å²) >= 11 is 0. The summed E-state index contributed by atoms with van der Waals surface area (Å²) in [5.74, 6) is -0.180. The molecular weight excluding hydrogens is 923 g/mol. The van der Waals surface area contributed by atoms with Crippen molar-refractivity contribution >= 4 is 5.91 Å². The number of unbranched alkanes of at least 4 members (excludes halogenated alkanes) is 33. The van der Waals surface area contributed by atoms with Crippen molar-refractivity contribution in [3.05, 3.63) is 72.9 Å². The number of allylic oxidation sites excluding steroid dienone is 11. The first kappa shape index (κ1) is 69.6. The molecule has 0 aromatic rings. The first-order valence-electron chi connectivity index (χ1n) is 31.2. The highest BCUT2D eigenvalue weighted by atomic mass is 16.7. The van der Waals surface area contributed by atoms with Crippen LogP contribution in [0.2, 0.25) is 0 Å². The van der Waals surface area contributed by atoms with Crippen LogP contribution in [0.5, 0.6) is 0 Å². The summed E-state index contributed by atoms with van der Waals surface area (Å²) in [5.41, 5.74) is 0. The molecule has 7 unspecified atom stereocenters. The van der Waals surface area contributed by atoms with Crippen LogP contribution in [0.15, 0.2) is 72.9 Å². The van der Waals surface area contributed by atoms with Crippen molar-refractivity contribution in [1.82, 2.24) is 5.32 Å². The lowest BCUT2D eigenvalue weighted by Crippen LogP contribution is -2.60. The third-order valence-corrected chi connectivity index (χ3v) is 14.5. The molecule has 9 heteroatoms. The normalized spacial score (nSPS) is 19.5. The van der Waals surface area contributed by atoms with Crippen molar-refractivity contribution in [2.45, 2.75) is 320 Å². The Morgan fingerprint density at radius 1 is 0.473 bits per heavy atom.